The van der Waals surface area contributed by atoms with Crippen molar-refractivity contribution >= 4 is 24.2 Å². The molecule has 0 aliphatic heterocycles. The number of pyridine rings is 2. The first-order valence-corrected chi connectivity index (χ1v) is 10.4. The minimum absolute atomic E-state index is 0. The van der Waals surface area contributed by atoms with Crippen LogP contribution >= 0.6 is 0 Å². The average molecular weight is 543 g/mol. The molecule has 0 amide bonds. The Labute approximate surface area is 221 Å². The van der Waals surface area contributed by atoms with Gasteiger partial charge in [-0.2, -0.15) is 20.4 Å². The molecule has 0 N–H and O–H groups in total. The standard InChI is InChI=1S/2C13H10FN3O.Co/c2*14-12-4-2-1-3-11(12)9-16-17-13(18)10-5-7-15-8-6-10;/h2*1-9H,(H,17,18);/q;;+2/p-2/b2*16-9+;. The van der Waals surface area contributed by atoms with Crippen molar-refractivity contribution in [2.24, 2.45) is 20.4 Å². The summed E-state index contributed by atoms with van der Waals surface area (Å²) in [7, 11) is 0. The smallest absolute Gasteiger partial charge is 0.857 e. The van der Waals surface area contributed by atoms with E-state index in [0.717, 1.165) is 0 Å². The summed E-state index contributed by atoms with van der Waals surface area (Å²) in [6.07, 6.45) is 8.36. The molecule has 0 fully saturated rings. The Kier molecular flexibility index (Phi) is 11.9. The van der Waals surface area contributed by atoms with Gasteiger partial charge in [0.2, 0.25) is 0 Å². The zero-order valence-corrected chi connectivity index (χ0v) is 20.0. The largest absolute Gasteiger partial charge is 2.00 e. The third-order valence-electron chi connectivity index (χ3n) is 4.36. The van der Waals surface area contributed by atoms with Crippen LogP contribution < -0.4 is 10.2 Å². The van der Waals surface area contributed by atoms with Crippen LogP contribution in [0.5, 0.6) is 0 Å². The van der Waals surface area contributed by atoms with E-state index < -0.39 is 23.4 Å². The third-order valence-corrected chi connectivity index (χ3v) is 4.36. The van der Waals surface area contributed by atoms with Crippen LogP contribution in [0.2, 0.25) is 0 Å². The molecule has 1 radical (unpaired) electrons. The van der Waals surface area contributed by atoms with Crippen LogP contribution in [-0.2, 0) is 16.8 Å². The number of halogens is 2. The van der Waals surface area contributed by atoms with E-state index in [-0.39, 0.29) is 27.9 Å². The molecule has 0 spiro atoms. The second kappa shape index (κ2) is 15.4. The molecule has 0 saturated heterocycles. The maximum atomic E-state index is 13.2. The zero-order chi connectivity index (χ0) is 25.6. The quantitative estimate of drug-likeness (QED) is 0.211. The SMILES string of the molecule is [Co+2].[O-]/C(=N\N=C\c1ccccc1F)c1ccncc1.[O-]/C(=N\N=C\c1ccccc1F)c1ccncc1. The second-order valence-electron chi connectivity index (χ2n) is 6.81. The number of benzene rings is 2. The topological polar surface area (TPSA) is 121 Å². The van der Waals surface area contributed by atoms with Crippen molar-refractivity contribution in [3.05, 3.63) is 131 Å². The molecular weight excluding hydrogens is 525 g/mol. The van der Waals surface area contributed by atoms with Gasteiger partial charge in [-0.3, -0.25) is 9.97 Å². The first kappa shape index (κ1) is 28.6. The molecule has 11 heteroatoms. The van der Waals surface area contributed by atoms with Crippen molar-refractivity contribution in [2.45, 2.75) is 0 Å². The summed E-state index contributed by atoms with van der Waals surface area (Å²) in [5, 5.41) is 37.1. The molecule has 2 aromatic carbocycles. The maximum Gasteiger partial charge on any atom is 2.00 e. The Hall–Kier alpha value is -4.61. The van der Waals surface area contributed by atoms with Crippen molar-refractivity contribution in [1.29, 1.82) is 0 Å². The summed E-state index contributed by atoms with van der Waals surface area (Å²) in [6.45, 7) is 0. The monoisotopic (exact) mass is 543 g/mol. The van der Waals surface area contributed by atoms with E-state index in [4.69, 9.17) is 0 Å². The van der Waals surface area contributed by atoms with E-state index in [0.29, 0.717) is 11.1 Å². The summed E-state index contributed by atoms with van der Waals surface area (Å²) in [6, 6.07) is 18.3. The van der Waals surface area contributed by atoms with Gasteiger partial charge in [-0.1, -0.05) is 36.4 Å². The maximum absolute atomic E-state index is 13.2. The van der Waals surface area contributed by atoms with Gasteiger partial charge in [-0.25, -0.2) is 8.78 Å². The molecule has 8 nitrogen and oxygen atoms in total. The predicted molar refractivity (Wildman–Crippen MR) is 130 cm³/mol. The number of hydrogen-bond donors (Lipinski definition) is 0. The van der Waals surface area contributed by atoms with Crippen molar-refractivity contribution in [3.8, 4) is 0 Å². The molecule has 2 heterocycles. The molecular formula is C26H18CoF2N6O2. The molecule has 4 rings (SSSR count). The second-order valence-corrected chi connectivity index (χ2v) is 6.81. The molecule has 4 aromatic rings. The molecule has 0 saturated carbocycles. The predicted octanol–water partition coefficient (Wildman–Crippen LogP) is 2.72. The fraction of sp³-hybridized carbons (Fsp3) is 0. The van der Waals surface area contributed by atoms with Gasteiger partial charge in [0, 0.05) is 47.7 Å². The Morgan fingerprint density at radius 2 is 0.946 bits per heavy atom. The first-order valence-electron chi connectivity index (χ1n) is 10.4. The Balaban J connectivity index is 0.000000253. The van der Waals surface area contributed by atoms with Crippen molar-refractivity contribution < 1.29 is 35.8 Å². The minimum Gasteiger partial charge on any atom is -0.857 e. The van der Waals surface area contributed by atoms with Gasteiger partial charge in [0.25, 0.3) is 0 Å². The molecule has 0 atom stereocenters. The van der Waals surface area contributed by atoms with Crippen LogP contribution in [0.1, 0.15) is 22.3 Å². The average Bonchev–Trinajstić information content (AvgIpc) is 2.92. The van der Waals surface area contributed by atoms with Crippen LogP contribution in [0.15, 0.2) is 118 Å². The van der Waals surface area contributed by atoms with Crippen LogP contribution in [0.4, 0.5) is 8.78 Å². The minimum atomic E-state index is -0.495. The van der Waals surface area contributed by atoms with Gasteiger partial charge in [0.05, 0.1) is 12.4 Å². The fourth-order valence-electron chi connectivity index (χ4n) is 2.55. The van der Waals surface area contributed by atoms with Crippen LogP contribution in [-0.4, -0.2) is 34.2 Å². The molecule has 0 aliphatic rings. The summed E-state index contributed by atoms with van der Waals surface area (Å²) in [5.74, 6) is -1.81. The normalized spacial score (nSPS) is 11.6. The van der Waals surface area contributed by atoms with E-state index in [1.165, 1.54) is 73.6 Å². The van der Waals surface area contributed by atoms with Gasteiger partial charge in [0.1, 0.15) is 11.6 Å². The van der Waals surface area contributed by atoms with Gasteiger partial charge in [-0.15, -0.1) is 0 Å². The molecule has 187 valence electrons. The Bertz CT molecular complexity index is 1280. The molecule has 0 unspecified atom stereocenters. The third kappa shape index (κ3) is 9.51. The van der Waals surface area contributed by atoms with E-state index in [2.05, 4.69) is 30.4 Å². The first-order chi connectivity index (χ1) is 17.5. The number of aromatic nitrogens is 2. The van der Waals surface area contributed by atoms with Crippen molar-refractivity contribution in [1.82, 2.24) is 9.97 Å². The van der Waals surface area contributed by atoms with Gasteiger partial charge < -0.3 is 10.2 Å². The number of rotatable bonds is 6. The molecule has 37 heavy (non-hydrogen) atoms. The van der Waals surface area contributed by atoms with Crippen molar-refractivity contribution in [2.75, 3.05) is 0 Å². The van der Waals surface area contributed by atoms with Gasteiger partial charge >= 0.3 is 16.8 Å². The van der Waals surface area contributed by atoms with Crippen molar-refractivity contribution in [3.63, 3.8) is 0 Å². The van der Waals surface area contributed by atoms with E-state index in [1.54, 1.807) is 36.4 Å². The van der Waals surface area contributed by atoms with Gasteiger partial charge in [0.15, 0.2) is 0 Å². The van der Waals surface area contributed by atoms with E-state index in [1.807, 2.05) is 0 Å². The number of hydrogen-bond acceptors (Lipinski definition) is 8. The van der Waals surface area contributed by atoms with E-state index in [9.17, 15) is 19.0 Å². The summed E-state index contributed by atoms with van der Waals surface area (Å²) in [5.41, 5.74) is 1.33. The summed E-state index contributed by atoms with van der Waals surface area (Å²) >= 11 is 0. The summed E-state index contributed by atoms with van der Waals surface area (Å²) in [4.78, 5) is 7.57. The Morgan fingerprint density at radius 3 is 1.30 bits per heavy atom. The van der Waals surface area contributed by atoms with E-state index >= 15 is 0 Å². The summed E-state index contributed by atoms with van der Waals surface area (Å²) < 4.78 is 26.4. The Morgan fingerprint density at radius 1 is 0.595 bits per heavy atom. The molecule has 0 bridgehead atoms. The van der Waals surface area contributed by atoms with Crippen LogP contribution in [0.25, 0.3) is 0 Å². The number of nitrogens with zero attached hydrogens (tertiary/aromatic N) is 6. The van der Waals surface area contributed by atoms with Gasteiger partial charge in [-0.05, 0) is 47.5 Å². The fourth-order valence-corrected chi connectivity index (χ4v) is 2.55. The van der Waals surface area contributed by atoms with Crippen LogP contribution in [0.3, 0.4) is 0 Å². The molecule has 0 aliphatic carbocycles. The molecule has 2 aromatic heterocycles. The van der Waals surface area contributed by atoms with Crippen LogP contribution in [0, 0.1) is 11.6 Å². The zero-order valence-electron chi connectivity index (χ0n) is 19.0.